The zero-order valence-electron chi connectivity index (χ0n) is 10.1. The van der Waals surface area contributed by atoms with Crippen LogP contribution in [0.5, 0.6) is 5.75 Å². The first-order chi connectivity index (χ1) is 8.25. The average molecular weight is 228 g/mol. The van der Waals surface area contributed by atoms with E-state index in [-0.39, 0.29) is 0 Å². The highest BCUT2D eigenvalue weighted by atomic mass is 16.5. The molecule has 2 rings (SSSR count). The molecule has 0 unspecified atom stereocenters. The molecule has 88 valence electrons. The summed E-state index contributed by atoms with van der Waals surface area (Å²) in [6, 6.07) is 18.6. The molecule has 0 aliphatic rings. The quantitative estimate of drug-likeness (QED) is 0.858. The van der Waals surface area contributed by atoms with E-state index >= 15 is 0 Å². The van der Waals surface area contributed by atoms with Crippen molar-refractivity contribution in [1.82, 2.24) is 0 Å². The average Bonchev–Trinajstić information content (AvgIpc) is 2.38. The van der Waals surface area contributed by atoms with E-state index in [0.717, 1.165) is 5.75 Å². The van der Waals surface area contributed by atoms with Crippen LogP contribution in [0.25, 0.3) is 0 Å². The van der Waals surface area contributed by atoms with E-state index < -0.39 is 0 Å². The minimum Gasteiger partial charge on any atom is -0.489 e. The molecule has 2 aromatic carbocycles. The Hall–Kier alpha value is -1.80. The van der Waals surface area contributed by atoms with Crippen LogP contribution in [0.4, 0.5) is 0 Å². The van der Waals surface area contributed by atoms with Crippen molar-refractivity contribution in [3.05, 3.63) is 65.7 Å². The molecule has 0 aromatic heterocycles. The number of quaternary nitrogens is 1. The van der Waals surface area contributed by atoms with Gasteiger partial charge in [-0.3, -0.25) is 0 Å². The van der Waals surface area contributed by atoms with Crippen molar-refractivity contribution < 1.29 is 10.5 Å². The van der Waals surface area contributed by atoms with Gasteiger partial charge in [-0.25, -0.2) is 0 Å². The summed E-state index contributed by atoms with van der Waals surface area (Å²) in [6.07, 6.45) is 0. The van der Waals surface area contributed by atoms with E-state index in [9.17, 15) is 0 Å². The summed E-state index contributed by atoms with van der Waals surface area (Å²) < 4.78 is 5.68. The van der Waals surface area contributed by atoms with E-state index in [1.807, 2.05) is 30.3 Å². The van der Waals surface area contributed by atoms with Gasteiger partial charge in [-0.05, 0) is 24.6 Å². The lowest BCUT2D eigenvalue weighted by Gasteiger charge is -2.07. The summed E-state index contributed by atoms with van der Waals surface area (Å²) >= 11 is 0. The fraction of sp³-hybridized carbons (Fsp3) is 0.200. The second-order valence-corrected chi connectivity index (χ2v) is 4.24. The predicted octanol–water partition coefficient (Wildman–Crippen LogP) is 2.57. The Morgan fingerprint density at radius 1 is 1.00 bits per heavy atom. The van der Waals surface area contributed by atoms with Crippen LogP contribution in [0.1, 0.15) is 24.1 Å². The van der Waals surface area contributed by atoms with Gasteiger partial charge < -0.3 is 10.5 Å². The van der Waals surface area contributed by atoms with Crippen molar-refractivity contribution in [3.8, 4) is 5.75 Å². The van der Waals surface area contributed by atoms with Gasteiger partial charge in [0.05, 0.1) is 0 Å². The number of hydrogen-bond acceptors (Lipinski definition) is 1. The summed E-state index contributed by atoms with van der Waals surface area (Å²) in [5.41, 5.74) is 6.44. The third-order valence-corrected chi connectivity index (χ3v) is 2.70. The number of ether oxygens (including phenoxy) is 1. The Morgan fingerprint density at radius 3 is 2.24 bits per heavy atom. The third kappa shape index (κ3) is 3.33. The smallest absolute Gasteiger partial charge is 0.119 e. The van der Waals surface area contributed by atoms with Crippen molar-refractivity contribution in [1.29, 1.82) is 0 Å². The lowest BCUT2D eigenvalue weighted by atomic mass is 10.1. The molecule has 3 N–H and O–H groups in total. The highest BCUT2D eigenvalue weighted by Crippen LogP contribution is 2.13. The van der Waals surface area contributed by atoms with Crippen molar-refractivity contribution >= 4 is 0 Å². The Kier molecular flexibility index (Phi) is 3.78. The number of para-hydroxylation sites is 1. The van der Waals surface area contributed by atoms with Crippen LogP contribution in [0, 0.1) is 0 Å². The van der Waals surface area contributed by atoms with Crippen molar-refractivity contribution in [2.45, 2.75) is 19.6 Å². The molecule has 0 spiro atoms. The molecule has 1 atom stereocenters. The molecule has 0 fully saturated rings. The first kappa shape index (κ1) is 11.7. The maximum Gasteiger partial charge on any atom is 0.119 e. The van der Waals surface area contributed by atoms with Crippen molar-refractivity contribution in [2.24, 2.45) is 0 Å². The second kappa shape index (κ2) is 5.51. The van der Waals surface area contributed by atoms with Crippen molar-refractivity contribution in [3.63, 3.8) is 0 Å². The fourth-order valence-electron chi connectivity index (χ4n) is 1.63. The van der Waals surface area contributed by atoms with Crippen LogP contribution >= 0.6 is 0 Å². The van der Waals surface area contributed by atoms with Crippen LogP contribution in [0.3, 0.4) is 0 Å². The minimum atomic E-state index is 0.332. The van der Waals surface area contributed by atoms with Crippen LogP contribution in [-0.2, 0) is 6.61 Å². The van der Waals surface area contributed by atoms with E-state index in [4.69, 9.17) is 4.74 Å². The van der Waals surface area contributed by atoms with Crippen LogP contribution in [0.15, 0.2) is 54.6 Å². The predicted molar refractivity (Wildman–Crippen MR) is 68.5 cm³/mol. The van der Waals surface area contributed by atoms with Crippen LogP contribution in [-0.4, -0.2) is 0 Å². The number of benzene rings is 2. The molecule has 0 bridgehead atoms. The van der Waals surface area contributed by atoms with Crippen LogP contribution in [0.2, 0.25) is 0 Å². The van der Waals surface area contributed by atoms with Gasteiger partial charge in [0.1, 0.15) is 18.4 Å². The van der Waals surface area contributed by atoms with Crippen molar-refractivity contribution in [2.75, 3.05) is 0 Å². The molecule has 0 saturated heterocycles. The SMILES string of the molecule is C[C@H]([NH3+])c1ccc(COc2ccccc2)cc1. The molecular formula is C15H18NO+. The summed E-state index contributed by atoms with van der Waals surface area (Å²) in [7, 11) is 0. The molecule has 2 heteroatoms. The zero-order chi connectivity index (χ0) is 12.1. The van der Waals surface area contributed by atoms with Crippen LogP contribution < -0.4 is 10.5 Å². The molecule has 0 aliphatic carbocycles. The second-order valence-electron chi connectivity index (χ2n) is 4.24. The first-order valence-corrected chi connectivity index (χ1v) is 5.85. The van der Waals surface area contributed by atoms with Gasteiger partial charge in [-0.15, -0.1) is 0 Å². The van der Waals surface area contributed by atoms with Gasteiger partial charge in [0, 0.05) is 5.56 Å². The van der Waals surface area contributed by atoms with Gasteiger partial charge >= 0.3 is 0 Å². The zero-order valence-corrected chi connectivity index (χ0v) is 10.1. The number of hydrogen-bond donors (Lipinski definition) is 1. The molecular weight excluding hydrogens is 210 g/mol. The highest BCUT2D eigenvalue weighted by Gasteiger charge is 2.02. The number of rotatable bonds is 4. The van der Waals surface area contributed by atoms with E-state index in [2.05, 4.69) is 36.9 Å². The third-order valence-electron chi connectivity index (χ3n) is 2.70. The minimum absolute atomic E-state index is 0.332. The maximum absolute atomic E-state index is 5.68. The van der Waals surface area contributed by atoms with E-state index in [0.29, 0.717) is 12.6 Å². The summed E-state index contributed by atoms with van der Waals surface area (Å²) in [6.45, 7) is 2.70. The Balaban J connectivity index is 1.96. The first-order valence-electron chi connectivity index (χ1n) is 5.85. The maximum atomic E-state index is 5.68. The van der Waals surface area contributed by atoms with Gasteiger partial charge in [0.15, 0.2) is 0 Å². The molecule has 2 aromatic rings. The highest BCUT2D eigenvalue weighted by molar-refractivity contribution is 5.25. The lowest BCUT2D eigenvalue weighted by molar-refractivity contribution is -0.420. The Morgan fingerprint density at radius 2 is 1.65 bits per heavy atom. The van der Waals surface area contributed by atoms with Gasteiger partial charge in [-0.2, -0.15) is 0 Å². The Bertz CT molecular complexity index is 448. The molecule has 17 heavy (non-hydrogen) atoms. The molecule has 0 amide bonds. The molecule has 0 heterocycles. The molecule has 0 saturated carbocycles. The van der Waals surface area contributed by atoms with E-state index in [1.54, 1.807) is 0 Å². The summed E-state index contributed by atoms with van der Waals surface area (Å²) in [5.74, 6) is 0.905. The topological polar surface area (TPSA) is 36.9 Å². The largest absolute Gasteiger partial charge is 0.489 e. The summed E-state index contributed by atoms with van der Waals surface area (Å²) in [5, 5.41) is 0. The molecule has 2 nitrogen and oxygen atoms in total. The van der Waals surface area contributed by atoms with Gasteiger partial charge in [0.25, 0.3) is 0 Å². The van der Waals surface area contributed by atoms with Gasteiger partial charge in [0.2, 0.25) is 0 Å². The van der Waals surface area contributed by atoms with Gasteiger partial charge in [-0.1, -0.05) is 42.5 Å². The molecule has 0 aliphatic heterocycles. The van der Waals surface area contributed by atoms with E-state index in [1.165, 1.54) is 11.1 Å². The standard InChI is InChI=1S/C15H17NO/c1-12(16)14-9-7-13(8-10-14)11-17-15-5-3-2-4-6-15/h2-10,12H,11,16H2,1H3/p+1/t12-/m0/s1. The monoisotopic (exact) mass is 228 g/mol. The Labute approximate surface area is 102 Å². The fourth-order valence-corrected chi connectivity index (χ4v) is 1.63. The lowest BCUT2D eigenvalue weighted by Crippen LogP contribution is -2.51. The molecule has 0 radical (unpaired) electrons. The summed E-state index contributed by atoms with van der Waals surface area (Å²) in [4.78, 5) is 0. The normalized spacial score (nSPS) is 12.1.